The van der Waals surface area contributed by atoms with Gasteiger partial charge in [0.05, 0.1) is 4.90 Å². The molecule has 124 valence electrons. The number of halogens is 3. The third kappa shape index (κ3) is 4.37. The van der Waals surface area contributed by atoms with E-state index in [1.54, 1.807) is 0 Å². The molecule has 0 aliphatic carbocycles. The first-order valence-corrected chi connectivity index (χ1v) is 9.00. The van der Waals surface area contributed by atoms with Crippen molar-refractivity contribution < 1.29 is 21.6 Å². The minimum Gasteiger partial charge on any atom is -0.317 e. The molecule has 1 aromatic rings. The normalized spacial score (nSPS) is 17.9. The molecular weight excluding hydrogens is 337 g/mol. The van der Waals surface area contributed by atoms with Gasteiger partial charge in [0.2, 0.25) is 10.0 Å². The summed E-state index contributed by atoms with van der Waals surface area (Å²) in [5.41, 5.74) is -4.38. The van der Waals surface area contributed by atoms with Gasteiger partial charge in [0.1, 0.15) is 0 Å². The molecule has 1 fully saturated rings. The maximum Gasteiger partial charge on any atom is 0.446 e. The van der Waals surface area contributed by atoms with Crippen molar-refractivity contribution in [3.8, 4) is 0 Å². The molecule has 1 heterocycles. The van der Waals surface area contributed by atoms with E-state index in [0.29, 0.717) is 0 Å². The van der Waals surface area contributed by atoms with E-state index < -0.39 is 15.5 Å². The summed E-state index contributed by atoms with van der Waals surface area (Å²) < 4.78 is 63.2. The fourth-order valence-electron chi connectivity index (χ4n) is 2.35. The van der Waals surface area contributed by atoms with E-state index in [4.69, 9.17) is 0 Å². The van der Waals surface area contributed by atoms with E-state index >= 15 is 0 Å². The van der Waals surface area contributed by atoms with E-state index in [0.717, 1.165) is 25.9 Å². The van der Waals surface area contributed by atoms with Crippen LogP contribution in [0, 0.1) is 0 Å². The van der Waals surface area contributed by atoms with Crippen LogP contribution in [-0.2, 0) is 10.0 Å². The Morgan fingerprint density at radius 3 is 2.23 bits per heavy atom. The SMILES string of the molecule is CN(C1CCNCC1)S(=O)(=O)c1ccc(SC(F)(F)F)cc1. The lowest BCUT2D eigenvalue weighted by molar-refractivity contribution is -0.0328. The Balaban J connectivity index is 2.15. The molecule has 1 aromatic carbocycles. The van der Waals surface area contributed by atoms with Gasteiger partial charge in [-0.2, -0.15) is 17.5 Å². The molecule has 0 amide bonds. The maximum atomic E-state index is 12.5. The van der Waals surface area contributed by atoms with Crippen LogP contribution in [0.4, 0.5) is 13.2 Å². The van der Waals surface area contributed by atoms with Gasteiger partial charge in [0, 0.05) is 18.0 Å². The minimum absolute atomic E-state index is 0.0139. The molecule has 2 rings (SSSR count). The summed E-state index contributed by atoms with van der Waals surface area (Å²) in [6.07, 6.45) is 1.44. The number of hydrogen-bond acceptors (Lipinski definition) is 4. The van der Waals surface area contributed by atoms with Crippen molar-refractivity contribution in [2.75, 3.05) is 20.1 Å². The molecule has 0 bridgehead atoms. The second-order valence-electron chi connectivity index (χ2n) is 5.02. The topological polar surface area (TPSA) is 49.4 Å². The molecule has 1 saturated heterocycles. The molecule has 0 aromatic heterocycles. The van der Waals surface area contributed by atoms with Crippen LogP contribution in [0.1, 0.15) is 12.8 Å². The fraction of sp³-hybridized carbons (Fsp3) is 0.538. The highest BCUT2D eigenvalue weighted by molar-refractivity contribution is 8.00. The highest BCUT2D eigenvalue weighted by atomic mass is 32.2. The zero-order valence-electron chi connectivity index (χ0n) is 11.9. The highest BCUT2D eigenvalue weighted by Crippen LogP contribution is 2.37. The third-order valence-corrected chi connectivity index (χ3v) is 6.22. The number of alkyl halides is 3. The average molecular weight is 354 g/mol. The first-order valence-electron chi connectivity index (χ1n) is 6.75. The van der Waals surface area contributed by atoms with Crippen molar-refractivity contribution in [2.45, 2.75) is 34.2 Å². The second kappa shape index (κ2) is 6.77. The van der Waals surface area contributed by atoms with Gasteiger partial charge >= 0.3 is 5.51 Å². The first-order chi connectivity index (χ1) is 10.2. The van der Waals surface area contributed by atoms with Crippen LogP contribution in [0.2, 0.25) is 0 Å². The van der Waals surface area contributed by atoms with Gasteiger partial charge in [-0.1, -0.05) is 0 Å². The first kappa shape index (κ1) is 17.6. The van der Waals surface area contributed by atoms with Crippen LogP contribution in [0.5, 0.6) is 0 Å². The summed E-state index contributed by atoms with van der Waals surface area (Å²) in [7, 11) is -2.17. The van der Waals surface area contributed by atoms with Crippen molar-refractivity contribution in [3.63, 3.8) is 0 Å². The summed E-state index contributed by atoms with van der Waals surface area (Å²) in [6, 6.07) is 4.72. The van der Waals surface area contributed by atoms with Crippen molar-refractivity contribution in [3.05, 3.63) is 24.3 Å². The van der Waals surface area contributed by atoms with Crippen LogP contribution in [0.15, 0.2) is 34.1 Å². The second-order valence-corrected chi connectivity index (χ2v) is 8.16. The van der Waals surface area contributed by atoms with Gasteiger partial charge in [-0.15, -0.1) is 0 Å². The quantitative estimate of drug-likeness (QED) is 0.845. The summed E-state index contributed by atoms with van der Waals surface area (Å²) in [6.45, 7) is 1.51. The number of sulfonamides is 1. The van der Waals surface area contributed by atoms with Gasteiger partial charge in [-0.05, 0) is 62.0 Å². The van der Waals surface area contributed by atoms with Crippen LogP contribution in [-0.4, -0.2) is 44.4 Å². The monoisotopic (exact) mass is 354 g/mol. The van der Waals surface area contributed by atoms with Crippen molar-refractivity contribution in [2.24, 2.45) is 0 Å². The Hall–Kier alpha value is -0.770. The molecule has 4 nitrogen and oxygen atoms in total. The van der Waals surface area contributed by atoms with Crippen LogP contribution in [0.3, 0.4) is 0 Å². The number of benzene rings is 1. The Labute approximate surface area is 132 Å². The molecule has 1 aliphatic rings. The lowest BCUT2D eigenvalue weighted by Gasteiger charge is -2.30. The lowest BCUT2D eigenvalue weighted by Crippen LogP contribution is -2.43. The van der Waals surface area contributed by atoms with Gasteiger partial charge in [0.15, 0.2) is 0 Å². The summed E-state index contributed by atoms with van der Waals surface area (Å²) in [4.78, 5) is -0.0176. The number of rotatable bonds is 4. The van der Waals surface area contributed by atoms with Crippen LogP contribution >= 0.6 is 11.8 Å². The summed E-state index contributed by atoms with van der Waals surface area (Å²) in [5, 5.41) is 3.16. The number of thioether (sulfide) groups is 1. The van der Waals surface area contributed by atoms with Crippen LogP contribution in [0.25, 0.3) is 0 Å². The zero-order chi connectivity index (χ0) is 16.4. The fourth-order valence-corrected chi connectivity index (χ4v) is 4.30. The standard InChI is InChI=1S/C13H17F3N2O2S2/c1-18(10-6-8-17-9-7-10)22(19,20)12-4-2-11(3-5-12)21-13(14,15)16/h2-5,10,17H,6-9H2,1H3. The highest BCUT2D eigenvalue weighted by Gasteiger charge is 2.31. The molecule has 0 atom stereocenters. The van der Waals surface area contributed by atoms with Crippen LogP contribution < -0.4 is 5.32 Å². The molecule has 0 saturated carbocycles. The molecule has 0 spiro atoms. The largest absolute Gasteiger partial charge is 0.446 e. The average Bonchev–Trinajstić information content (AvgIpc) is 2.46. The molecular formula is C13H17F3N2O2S2. The summed E-state index contributed by atoms with van der Waals surface area (Å²) in [5.74, 6) is 0. The molecule has 0 radical (unpaired) electrons. The van der Waals surface area contributed by atoms with Crippen molar-refractivity contribution in [1.29, 1.82) is 0 Å². The van der Waals surface area contributed by atoms with Gasteiger partial charge < -0.3 is 5.32 Å². The number of nitrogens with one attached hydrogen (secondary N) is 1. The number of nitrogens with zero attached hydrogens (tertiary/aromatic N) is 1. The van der Waals surface area contributed by atoms with E-state index in [1.165, 1.54) is 35.6 Å². The van der Waals surface area contributed by atoms with Gasteiger partial charge in [-0.25, -0.2) is 8.42 Å². The molecule has 22 heavy (non-hydrogen) atoms. The van der Waals surface area contributed by atoms with E-state index in [9.17, 15) is 21.6 Å². The predicted molar refractivity (Wildman–Crippen MR) is 79.2 cm³/mol. The molecule has 9 heteroatoms. The Morgan fingerprint density at radius 1 is 1.18 bits per heavy atom. The predicted octanol–water partition coefficient (Wildman–Crippen LogP) is 2.67. The van der Waals surface area contributed by atoms with Gasteiger partial charge in [-0.3, -0.25) is 0 Å². The Bertz CT molecular complexity index is 597. The summed E-state index contributed by atoms with van der Waals surface area (Å²) >= 11 is -0.260. The third-order valence-electron chi connectivity index (χ3n) is 3.56. The van der Waals surface area contributed by atoms with Crippen molar-refractivity contribution in [1.82, 2.24) is 9.62 Å². The number of piperidine rings is 1. The maximum absolute atomic E-state index is 12.5. The van der Waals surface area contributed by atoms with E-state index in [-0.39, 0.29) is 27.6 Å². The molecule has 1 aliphatic heterocycles. The molecule has 0 unspecified atom stereocenters. The Morgan fingerprint density at radius 2 is 1.73 bits per heavy atom. The van der Waals surface area contributed by atoms with E-state index in [1.807, 2.05) is 0 Å². The smallest absolute Gasteiger partial charge is 0.317 e. The van der Waals surface area contributed by atoms with Crippen molar-refractivity contribution >= 4 is 21.8 Å². The van der Waals surface area contributed by atoms with Gasteiger partial charge in [0.25, 0.3) is 0 Å². The number of hydrogen-bond donors (Lipinski definition) is 1. The Kier molecular flexibility index (Phi) is 5.41. The minimum atomic E-state index is -4.38. The lowest BCUT2D eigenvalue weighted by atomic mass is 10.1. The zero-order valence-corrected chi connectivity index (χ0v) is 13.6. The van der Waals surface area contributed by atoms with E-state index in [2.05, 4.69) is 5.32 Å². The molecule has 1 N–H and O–H groups in total.